The lowest BCUT2D eigenvalue weighted by Crippen LogP contribution is -2.33. The van der Waals surface area contributed by atoms with Gasteiger partial charge in [-0.3, -0.25) is 4.90 Å². The van der Waals surface area contributed by atoms with E-state index < -0.39 is 0 Å². The van der Waals surface area contributed by atoms with Crippen LogP contribution in [0.25, 0.3) is 0 Å². The first-order valence-corrected chi connectivity index (χ1v) is 7.27. The van der Waals surface area contributed by atoms with Gasteiger partial charge in [0.05, 0.1) is 11.6 Å². The third-order valence-electron chi connectivity index (χ3n) is 3.91. The van der Waals surface area contributed by atoms with Crippen LogP contribution < -0.4 is 9.47 Å². The topological polar surface area (TPSA) is 52.4 Å². The molecule has 0 unspecified atom stereocenters. The van der Waals surface area contributed by atoms with Crippen molar-refractivity contribution in [3.8, 4) is 11.5 Å². The van der Waals surface area contributed by atoms with Crippen molar-refractivity contribution in [2.75, 3.05) is 13.3 Å². The number of fused-ring (bicyclic) bond motifs is 2. The monoisotopic (exact) mass is 306 g/mol. The molecule has 1 aromatic heterocycles. The van der Waals surface area contributed by atoms with Gasteiger partial charge in [-0.05, 0) is 24.6 Å². The molecule has 21 heavy (non-hydrogen) atoms. The second-order valence-electron chi connectivity index (χ2n) is 5.34. The highest BCUT2D eigenvalue weighted by molar-refractivity contribution is 6.32. The summed E-state index contributed by atoms with van der Waals surface area (Å²) in [6.07, 6.45) is 0. The Kier molecular flexibility index (Phi) is 3.01. The van der Waals surface area contributed by atoms with Crippen molar-refractivity contribution in [3.05, 3.63) is 34.4 Å². The molecule has 110 valence electrons. The molecule has 0 saturated heterocycles. The van der Waals surface area contributed by atoms with Crippen LogP contribution >= 0.6 is 11.6 Å². The first-order chi connectivity index (χ1) is 10.2. The molecule has 7 heteroatoms. The van der Waals surface area contributed by atoms with E-state index in [9.17, 15) is 0 Å². The quantitative estimate of drug-likeness (QED) is 0.849. The minimum atomic E-state index is 0.241. The summed E-state index contributed by atoms with van der Waals surface area (Å²) >= 11 is 6.23. The molecule has 0 saturated carbocycles. The van der Waals surface area contributed by atoms with Crippen LogP contribution in [0.3, 0.4) is 0 Å². The standard InChI is InChI=1S/C14H15ClN4O2/c1-9-16-17-13-7-18(2-3-19(9)13)6-10-4-11(15)14-12(5-10)20-8-21-14/h4-5H,2-3,6-8H2,1H3. The smallest absolute Gasteiger partial charge is 0.231 e. The predicted molar refractivity (Wildman–Crippen MR) is 76.4 cm³/mol. The molecule has 6 nitrogen and oxygen atoms in total. The van der Waals surface area contributed by atoms with Crippen LogP contribution in [0, 0.1) is 6.92 Å². The van der Waals surface area contributed by atoms with E-state index in [-0.39, 0.29) is 6.79 Å². The molecule has 1 aromatic carbocycles. The van der Waals surface area contributed by atoms with Gasteiger partial charge in [-0.25, -0.2) is 0 Å². The van der Waals surface area contributed by atoms with Crippen LogP contribution in [-0.2, 0) is 19.6 Å². The van der Waals surface area contributed by atoms with Crippen molar-refractivity contribution >= 4 is 11.6 Å². The SMILES string of the molecule is Cc1nnc2n1CCN(Cc1cc(Cl)c3c(c1)OCO3)C2. The Bertz CT molecular complexity index is 701. The Morgan fingerprint density at radius 3 is 3.05 bits per heavy atom. The van der Waals surface area contributed by atoms with Crippen molar-refractivity contribution in [3.63, 3.8) is 0 Å². The molecule has 0 atom stereocenters. The molecule has 0 N–H and O–H groups in total. The fourth-order valence-electron chi connectivity index (χ4n) is 2.86. The van der Waals surface area contributed by atoms with Gasteiger partial charge in [-0.1, -0.05) is 11.6 Å². The Morgan fingerprint density at radius 1 is 1.24 bits per heavy atom. The van der Waals surface area contributed by atoms with Gasteiger partial charge in [-0.2, -0.15) is 0 Å². The first-order valence-electron chi connectivity index (χ1n) is 6.90. The average molecular weight is 307 g/mol. The number of hydrogen-bond donors (Lipinski definition) is 0. The van der Waals surface area contributed by atoms with E-state index in [1.54, 1.807) is 0 Å². The van der Waals surface area contributed by atoms with Crippen LogP contribution in [0.2, 0.25) is 5.02 Å². The summed E-state index contributed by atoms with van der Waals surface area (Å²) in [4.78, 5) is 2.33. The summed E-state index contributed by atoms with van der Waals surface area (Å²) in [7, 11) is 0. The van der Waals surface area contributed by atoms with Crippen molar-refractivity contribution in [1.82, 2.24) is 19.7 Å². The zero-order valence-electron chi connectivity index (χ0n) is 11.7. The molecule has 0 bridgehead atoms. The zero-order valence-corrected chi connectivity index (χ0v) is 12.4. The van der Waals surface area contributed by atoms with Crippen LogP contribution in [0.5, 0.6) is 11.5 Å². The molecular formula is C14H15ClN4O2. The second kappa shape index (κ2) is 4.89. The predicted octanol–water partition coefficient (Wildman–Crippen LogP) is 1.98. The van der Waals surface area contributed by atoms with Crippen LogP contribution in [0.15, 0.2) is 12.1 Å². The van der Waals surface area contributed by atoms with E-state index >= 15 is 0 Å². The summed E-state index contributed by atoms with van der Waals surface area (Å²) < 4.78 is 12.9. The van der Waals surface area contributed by atoms with Gasteiger partial charge in [-0.15, -0.1) is 10.2 Å². The second-order valence-corrected chi connectivity index (χ2v) is 5.74. The minimum absolute atomic E-state index is 0.241. The lowest BCUT2D eigenvalue weighted by molar-refractivity contribution is 0.174. The third kappa shape index (κ3) is 2.24. The number of hydrogen-bond acceptors (Lipinski definition) is 5. The number of ether oxygens (including phenoxy) is 2. The van der Waals surface area contributed by atoms with Gasteiger partial charge in [0.25, 0.3) is 0 Å². The Labute approximate surface area is 127 Å². The number of aromatic nitrogens is 3. The molecular weight excluding hydrogens is 292 g/mol. The summed E-state index contributed by atoms with van der Waals surface area (Å²) in [5.41, 5.74) is 1.12. The average Bonchev–Trinajstić information content (AvgIpc) is 3.06. The maximum absolute atomic E-state index is 6.23. The number of benzene rings is 1. The first kappa shape index (κ1) is 12.9. The van der Waals surface area contributed by atoms with Crippen LogP contribution in [0.1, 0.15) is 17.2 Å². The highest BCUT2D eigenvalue weighted by atomic mass is 35.5. The maximum Gasteiger partial charge on any atom is 0.231 e. The molecule has 0 fully saturated rings. The van der Waals surface area contributed by atoms with Crippen LogP contribution in [-0.4, -0.2) is 33.0 Å². The number of nitrogens with zero attached hydrogens (tertiary/aromatic N) is 4. The highest BCUT2D eigenvalue weighted by Crippen LogP contribution is 2.40. The van der Waals surface area contributed by atoms with Gasteiger partial charge in [0.2, 0.25) is 6.79 Å². The van der Waals surface area contributed by atoms with Gasteiger partial charge in [0.1, 0.15) is 11.6 Å². The number of halogens is 1. The molecule has 0 spiro atoms. The zero-order chi connectivity index (χ0) is 14.4. The Balaban J connectivity index is 1.54. The normalized spacial score (nSPS) is 17.0. The van der Waals surface area contributed by atoms with Gasteiger partial charge < -0.3 is 14.0 Å². The minimum Gasteiger partial charge on any atom is -0.454 e. The van der Waals surface area contributed by atoms with Crippen molar-refractivity contribution in [2.45, 2.75) is 26.6 Å². The van der Waals surface area contributed by atoms with Gasteiger partial charge >= 0.3 is 0 Å². The molecule has 2 aliphatic heterocycles. The molecule has 3 heterocycles. The maximum atomic E-state index is 6.23. The molecule has 2 aliphatic rings. The highest BCUT2D eigenvalue weighted by Gasteiger charge is 2.22. The van der Waals surface area contributed by atoms with E-state index in [2.05, 4.69) is 19.7 Å². The van der Waals surface area contributed by atoms with E-state index in [4.69, 9.17) is 21.1 Å². The van der Waals surface area contributed by atoms with E-state index in [1.165, 1.54) is 0 Å². The van der Waals surface area contributed by atoms with Crippen molar-refractivity contribution in [1.29, 1.82) is 0 Å². The van der Waals surface area contributed by atoms with Gasteiger partial charge in [0.15, 0.2) is 11.5 Å². The molecule has 0 radical (unpaired) electrons. The van der Waals surface area contributed by atoms with Crippen LogP contribution in [0.4, 0.5) is 0 Å². The Hall–Kier alpha value is -1.79. The van der Waals surface area contributed by atoms with Crippen molar-refractivity contribution in [2.24, 2.45) is 0 Å². The number of rotatable bonds is 2. The summed E-state index contributed by atoms with van der Waals surface area (Å²) in [5.74, 6) is 3.38. The lowest BCUT2D eigenvalue weighted by atomic mass is 10.1. The van der Waals surface area contributed by atoms with E-state index in [0.717, 1.165) is 49.1 Å². The largest absolute Gasteiger partial charge is 0.454 e. The van der Waals surface area contributed by atoms with E-state index in [0.29, 0.717) is 10.8 Å². The molecule has 4 rings (SSSR count). The fraction of sp³-hybridized carbons (Fsp3) is 0.429. The summed E-state index contributed by atoms with van der Waals surface area (Å²) in [5, 5.41) is 8.96. The summed E-state index contributed by atoms with van der Waals surface area (Å²) in [6.45, 7) is 5.73. The third-order valence-corrected chi connectivity index (χ3v) is 4.19. The lowest BCUT2D eigenvalue weighted by Gasteiger charge is -2.27. The van der Waals surface area contributed by atoms with E-state index in [1.807, 2.05) is 19.1 Å². The Morgan fingerprint density at radius 2 is 2.14 bits per heavy atom. The summed E-state index contributed by atoms with van der Waals surface area (Å²) in [6, 6.07) is 3.94. The molecule has 0 amide bonds. The van der Waals surface area contributed by atoms with Crippen molar-refractivity contribution < 1.29 is 9.47 Å². The molecule has 2 aromatic rings. The fourth-order valence-corrected chi connectivity index (χ4v) is 3.15. The molecule has 0 aliphatic carbocycles. The number of aryl methyl sites for hydroxylation is 1. The van der Waals surface area contributed by atoms with Gasteiger partial charge in [0, 0.05) is 19.6 Å².